The van der Waals surface area contributed by atoms with Gasteiger partial charge in [-0.1, -0.05) is 11.6 Å². The smallest absolute Gasteiger partial charge is 0.252 e. The monoisotopic (exact) mass is 349 g/mol. The van der Waals surface area contributed by atoms with Gasteiger partial charge in [0.1, 0.15) is 4.21 Å². The van der Waals surface area contributed by atoms with Gasteiger partial charge in [0.15, 0.2) is 5.13 Å². The largest absolute Gasteiger partial charge is 0.345 e. The van der Waals surface area contributed by atoms with Crippen LogP contribution in [0.4, 0.5) is 5.13 Å². The minimum absolute atomic E-state index is 0.310. The zero-order valence-electron chi connectivity index (χ0n) is 10.4. The van der Waals surface area contributed by atoms with E-state index >= 15 is 0 Å². The van der Waals surface area contributed by atoms with Crippen molar-refractivity contribution in [1.29, 1.82) is 0 Å². The molecule has 0 saturated carbocycles. The average molecular weight is 350 g/mol. The molecular formula is C11H12ClN3O2S3. The summed E-state index contributed by atoms with van der Waals surface area (Å²) in [6.45, 7) is 2.26. The second kappa shape index (κ2) is 5.61. The van der Waals surface area contributed by atoms with E-state index in [1.165, 1.54) is 4.31 Å². The number of halogens is 1. The number of anilines is 1. The number of thiophene rings is 1. The second-order valence-electron chi connectivity index (χ2n) is 4.26. The first kappa shape index (κ1) is 14.3. The maximum Gasteiger partial charge on any atom is 0.252 e. The van der Waals surface area contributed by atoms with Crippen LogP contribution in [0.5, 0.6) is 0 Å². The maximum absolute atomic E-state index is 12.4. The number of aromatic nitrogens is 1. The third-order valence-corrected chi connectivity index (χ3v) is 7.50. The van der Waals surface area contributed by atoms with Crippen LogP contribution in [0.3, 0.4) is 0 Å². The number of rotatable bonds is 3. The summed E-state index contributed by atoms with van der Waals surface area (Å²) in [5.74, 6) is 0. The van der Waals surface area contributed by atoms with Crippen LogP contribution < -0.4 is 4.90 Å². The van der Waals surface area contributed by atoms with Crippen molar-refractivity contribution in [3.05, 3.63) is 28.0 Å². The van der Waals surface area contributed by atoms with E-state index in [0.717, 1.165) is 16.5 Å². The van der Waals surface area contributed by atoms with Gasteiger partial charge >= 0.3 is 0 Å². The quantitative estimate of drug-likeness (QED) is 0.853. The Labute approximate surface area is 130 Å². The zero-order valence-corrected chi connectivity index (χ0v) is 13.6. The maximum atomic E-state index is 12.4. The SMILES string of the molecule is O=S(=O)(c1ccc(Cl)s1)N1CCN(c2nccs2)CC1. The van der Waals surface area contributed by atoms with Crippen molar-refractivity contribution < 1.29 is 8.42 Å². The molecule has 5 nitrogen and oxygen atoms in total. The lowest BCUT2D eigenvalue weighted by Crippen LogP contribution is -2.48. The van der Waals surface area contributed by atoms with Gasteiger partial charge in [0.2, 0.25) is 0 Å². The minimum Gasteiger partial charge on any atom is -0.345 e. The molecule has 0 atom stereocenters. The van der Waals surface area contributed by atoms with Crippen molar-refractivity contribution in [2.45, 2.75) is 4.21 Å². The molecule has 0 N–H and O–H groups in total. The van der Waals surface area contributed by atoms with Gasteiger partial charge in [-0.3, -0.25) is 0 Å². The average Bonchev–Trinajstić information content (AvgIpc) is 3.10. The predicted molar refractivity (Wildman–Crippen MR) is 82.4 cm³/mol. The standard InChI is InChI=1S/C11H12ClN3O2S3/c12-9-1-2-10(19-9)20(16,17)15-6-4-14(5-7-15)11-13-3-8-18-11/h1-3,8H,4-7H2. The van der Waals surface area contributed by atoms with Crippen LogP contribution in [0.15, 0.2) is 27.9 Å². The van der Waals surface area contributed by atoms with Crippen LogP contribution in [-0.2, 0) is 10.0 Å². The third kappa shape index (κ3) is 2.71. The van der Waals surface area contributed by atoms with Gasteiger partial charge in [-0.15, -0.1) is 22.7 Å². The summed E-state index contributed by atoms with van der Waals surface area (Å²) in [6.07, 6.45) is 1.76. The summed E-state index contributed by atoms with van der Waals surface area (Å²) in [5.41, 5.74) is 0. The fraction of sp³-hybridized carbons (Fsp3) is 0.364. The second-order valence-corrected chi connectivity index (χ2v) is 9.02. The van der Waals surface area contributed by atoms with E-state index in [4.69, 9.17) is 11.6 Å². The van der Waals surface area contributed by atoms with Gasteiger partial charge in [-0.25, -0.2) is 13.4 Å². The first-order valence-corrected chi connectivity index (χ1v) is 9.49. The lowest BCUT2D eigenvalue weighted by atomic mass is 10.4. The van der Waals surface area contributed by atoms with E-state index < -0.39 is 10.0 Å². The summed E-state index contributed by atoms with van der Waals surface area (Å²) in [5, 5.41) is 2.87. The summed E-state index contributed by atoms with van der Waals surface area (Å²) < 4.78 is 27.2. The van der Waals surface area contributed by atoms with Crippen molar-refractivity contribution >= 4 is 49.4 Å². The van der Waals surface area contributed by atoms with E-state index in [1.807, 2.05) is 5.38 Å². The molecule has 1 aliphatic heterocycles. The highest BCUT2D eigenvalue weighted by molar-refractivity contribution is 7.91. The minimum atomic E-state index is -3.41. The third-order valence-electron chi connectivity index (χ3n) is 3.07. The fourth-order valence-electron chi connectivity index (χ4n) is 2.06. The van der Waals surface area contributed by atoms with Crippen LogP contribution in [0.25, 0.3) is 0 Å². The normalized spacial score (nSPS) is 17.6. The number of sulfonamides is 1. The zero-order chi connectivity index (χ0) is 14.2. The molecule has 0 radical (unpaired) electrons. The summed E-state index contributed by atoms with van der Waals surface area (Å²) in [4.78, 5) is 6.36. The molecule has 0 bridgehead atoms. The van der Waals surface area contributed by atoms with E-state index in [2.05, 4.69) is 9.88 Å². The molecule has 2 aromatic heterocycles. The summed E-state index contributed by atoms with van der Waals surface area (Å²) in [6, 6.07) is 3.18. The fourth-order valence-corrected chi connectivity index (χ4v) is 5.81. The molecule has 3 heterocycles. The van der Waals surface area contributed by atoms with Gasteiger partial charge in [0.25, 0.3) is 10.0 Å². The molecule has 1 saturated heterocycles. The molecule has 1 fully saturated rings. The Hall–Kier alpha value is -0.670. The van der Waals surface area contributed by atoms with Crippen LogP contribution in [0.2, 0.25) is 4.34 Å². The van der Waals surface area contributed by atoms with Crippen molar-refractivity contribution in [1.82, 2.24) is 9.29 Å². The molecule has 0 aromatic carbocycles. The Kier molecular flexibility index (Phi) is 4.00. The molecule has 9 heteroatoms. The Bertz CT molecular complexity index is 676. The molecule has 0 amide bonds. The predicted octanol–water partition coefficient (Wildman–Crippen LogP) is 2.37. The van der Waals surface area contributed by atoms with E-state index in [-0.39, 0.29) is 0 Å². The van der Waals surface area contributed by atoms with E-state index in [9.17, 15) is 8.42 Å². The lowest BCUT2D eigenvalue weighted by Gasteiger charge is -2.33. The number of nitrogens with zero attached hydrogens (tertiary/aromatic N) is 3. The van der Waals surface area contributed by atoms with Gasteiger partial charge in [0, 0.05) is 37.8 Å². The molecule has 0 aliphatic carbocycles. The highest BCUT2D eigenvalue weighted by Gasteiger charge is 2.30. The molecule has 1 aliphatic rings. The molecule has 108 valence electrons. The van der Waals surface area contributed by atoms with Crippen molar-refractivity contribution in [2.24, 2.45) is 0 Å². The number of hydrogen-bond donors (Lipinski definition) is 0. The Balaban J connectivity index is 1.72. The van der Waals surface area contributed by atoms with Gasteiger partial charge in [-0.2, -0.15) is 4.31 Å². The van der Waals surface area contributed by atoms with Crippen LogP contribution in [-0.4, -0.2) is 43.9 Å². The van der Waals surface area contributed by atoms with Crippen LogP contribution in [0, 0.1) is 0 Å². The Morgan fingerprint density at radius 3 is 2.50 bits per heavy atom. The van der Waals surface area contributed by atoms with Gasteiger partial charge < -0.3 is 4.90 Å². The topological polar surface area (TPSA) is 53.5 Å². The van der Waals surface area contributed by atoms with E-state index in [1.54, 1.807) is 29.7 Å². The molecule has 2 aromatic rings. The summed E-state index contributed by atoms with van der Waals surface area (Å²) in [7, 11) is -3.41. The molecule has 0 unspecified atom stereocenters. The van der Waals surface area contributed by atoms with Crippen LogP contribution >= 0.6 is 34.3 Å². The van der Waals surface area contributed by atoms with Crippen molar-refractivity contribution in [3.63, 3.8) is 0 Å². The molecule has 20 heavy (non-hydrogen) atoms. The van der Waals surface area contributed by atoms with Gasteiger partial charge in [-0.05, 0) is 12.1 Å². The Morgan fingerprint density at radius 1 is 1.20 bits per heavy atom. The number of piperazine rings is 1. The van der Waals surface area contributed by atoms with Crippen molar-refractivity contribution in [3.8, 4) is 0 Å². The summed E-state index contributed by atoms with van der Waals surface area (Å²) >= 11 is 8.48. The highest BCUT2D eigenvalue weighted by atomic mass is 35.5. The first-order chi connectivity index (χ1) is 9.57. The van der Waals surface area contributed by atoms with E-state index in [0.29, 0.717) is 34.7 Å². The Morgan fingerprint density at radius 2 is 1.95 bits per heavy atom. The van der Waals surface area contributed by atoms with Crippen LogP contribution in [0.1, 0.15) is 0 Å². The number of thiazole rings is 1. The molecule has 0 spiro atoms. The lowest BCUT2D eigenvalue weighted by molar-refractivity contribution is 0.385. The molecule has 3 rings (SSSR count). The highest BCUT2D eigenvalue weighted by Crippen LogP contribution is 2.29. The van der Waals surface area contributed by atoms with Gasteiger partial charge in [0.05, 0.1) is 4.34 Å². The first-order valence-electron chi connectivity index (χ1n) is 5.97. The van der Waals surface area contributed by atoms with Crippen molar-refractivity contribution in [2.75, 3.05) is 31.1 Å². The number of hydrogen-bond acceptors (Lipinski definition) is 6. The molecular weight excluding hydrogens is 338 g/mol.